The fraction of sp³-hybridized carbons (Fsp3) is 0.200. The van der Waals surface area contributed by atoms with E-state index in [1.807, 2.05) is 6.07 Å². The zero-order valence-corrected chi connectivity index (χ0v) is 7.97. The second-order valence-corrected chi connectivity index (χ2v) is 2.80. The highest BCUT2D eigenvalue weighted by Crippen LogP contribution is 2.04. The summed E-state index contributed by atoms with van der Waals surface area (Å²) in [4.78, 5) is 21.2. The normalized spacial score (nSPS) is 9.60. The van der Waals surface area contributed by atoms with E-state index in [2.05, 4.69) is 10.1 Å². The molecule has 1 aromatic carbocycles. The van der Waals surface area contributed by atoms with Gasteiger partial charge in [-0.05, 0) is 12.1 Å². The predicted octanol–water partition coefficient (Wildman–Crippen LogP) is 0.726. The minimum Gasteiger partial charge on any atom is -0.480 e. The van der Waals surface area contributed by atoms with Gasteiger partial charge in [0.2, 0.25) is 5.91 Å². The number of nitrogens with one attached hydrogen (secondary N) is 1. The number of aliphatic carboxylic acids is 1. The molecule has 0 atom stereocenters. The maximum absolute atomic E-state index is 11.2. The molecule has 5 heteroatoms. The van der Waals surface area contributed by atoms with Crippen LogP contribution in [0.2, 0.25) is 0 Å². The van der Waals surface area contributed by atoms with Crippen LogP contribution >= 0.6 is 0 Å². The molecule has 0 aliphatic heterocycles. The largest absolute Gasteiger partial charge is 0.480 e. The third-order valence-corrected chi connectivity index (χ3v) is 1.52. The second kappa shape index (κ2) is 5.77. The van der Waals surface area contributed by atoms with Crippen molar-refractivity contribution >= 4 is 17.6 Å². The van der Waals surface area contributed by atoms with Crippen LogP contribution < -0.4 is 5.32 Å². The third-order valence-electron chi connectivity index (χ3n) is 1.52. The third kappa shape index (κ3) is 4.78. The number of hydrogen-bond acceptors (Lipinski definition) is 3. The van der Waals surface area contributed by atoms with Crippen molar-refractivity contribution in [3.63, 3.8) is 0 Å². The van der Waals surface area contributed by atoms with Gasteiger partial charge >= 0.3 is 5.97 Å². The van der Waals surface area contributed by atoms with Crippen molar-refractivity contribution in [3.05, 3.63) is 30.3 Å². The first-order valence-corrected chi connectivity index (χ1v) is 4.33. The van der Waals surface area contributed by atoms with Gasteiger partial charge in [-0.3, -0.25) is 4.79 Å². The van der Waals surface area contributed by atoms with Crippen LogP contribution in [-0.2, 0) is 14.3 Å². The highest BCUT2D eigenvalue weighted by atomic mass is 16.5. The summed E-state index contributed by atoms with van der Waals surface area (Å²) in [6.45, 7) is -0.733. The molecule has 1 aromatic rings. The molecule has 0 heterocycles. The Bertz CT molecular complexity index is 337. The molecule has 0 fully saturated rings. The zero-order valence-electron chi connectivity index (χ0n) is 7.97. The van der Waals surface area contributed by atoms with Crippen molar-refractivity contribution < 1.29 is 19.4 Å². The number of carboxylic acid groups (broad SMARTS) is 1. The van der Waals surface area contributed by atoms with Gasteiger partial charge in [-0.2, -0.15) is 0 Å². The molecule has 5 nitrogen and oxygen atoms in total. The number of rotatable bonds is 5. The van der Waals surface area contributed by atoms with E-state index in [-0.39, 0.29) is 12.5 Å². The Labute approximate surface area is 86.7 Å². The number of carboxylic acids is 1. The fourth-order valence-electron chi connectivity index (χ4n) is 0.950. The van der Waals surface area contributed by atoms with Gasteiger partial charge in [0, 0.05) is 5.69 Å². The number of benzene rings is 1. The highest BCUT2D eigenvalue weighted by molar-refractivity contribution is 5.91. The molecule has 0 bridgehead atoms. The summed E-state index contributed by atoms with van der Waals surface area (Å²) in [5.74, 6) is -1.47. The summed E-state index contributed by atoms with van der Waals surface area (Å²) in [6, 6.07) is 8.86. The summed E-state index contributed by atoms with van der Waals surface area (Å²) in [5, 5.41) is 10.8. The molecular weight excluding hydrogens is 198 g/mol. The average molecular weight is 209 g/mol. The number of ether oxygens (including phenoxy) is 1. The van der Waals surface area contributed by atoms with Gasteiger partial charge < -0.3 is 15.2 Å². The molecule has 0 saturated carbocycles. The van der Waals surface area contributed by atoms with E-state index >= 15 is 0 Å². The van der Waals surface area contributed by atoms with Crippen LogP contribution in [-0.4, -0.2) is 30.2 Å². The predicted molar refractivity (Wildman–Crippen MR) is 53.5 cm³/mol. The SMILES string of the molecule is O=C(O)COCC(=O)Nc1ccccc1. The van der Waals surface area contributed by atoms with Crippen molar-refractivity contribution in [2.75, 3.05) is 18.5 Å². The van der Waals surface area contributed by atoms with Crippen LogP contribution in [0.25, 0.3) is 0 Å². The first kappa shape index (κ1) is 11.2. The molecule has 0 aliphatic carbocycles. The number of carbonyl (C=O) groups excluding carboxylic acids is 1. The van der Waals surface area contributed by atoms with Gasteiger partial charge in [-0.25, -0.2) is 4.79 Å². The Hall–Kier alpha value is -1.88. The first-order chi connectivity index (χ1) is 7.18. The van der Waals surface area contributed by atoms with Gasteiger partial charge in [-0.1, -0.05) is 18.2 Å². The lowest BCUT2D eigenvalue weighted by atomic mass is 10.3. The Morgan fingerprint density at radius 2 is 1.87 bits per heavy atom. The van der Waals surface area contributed by atoms with Crippen LogP contribution in [0, 0.1) is 0 Å². The van der Waals surface area contributed by atoms with Gasteiger partial charge in [0.1, 0.15) is 13.2 Å². The number of hydrogen-bond donors (Lipinski definition) is 2. The highest BCUT2D eigenvalue weighted by Gasteiger charge is 2.03. The van der Waals surface area contributed by atoms with E-state index in [4.69, 9.17) is 5.11 Å². The Morgan fingerprint density at radius 1 is 1.20 bits per heavy atom. The van der Waals surface area contributed by atoms with Crippen LogP contribution in [0.15, 0.2) is 30.3 Å². The maximum atomic E-state index is 11.2. The van der Waals surface area contributed by atoms with Gasteiger partial charge in [-0.15, -0.1) is 0 Å². The molecule has 0 unspecified atom stereocenters. The average Bonchev–Trinajstić information content (AvgIpc) is 2.18. The second-order valence-electron chi connectivity index (χ2n) is 2.80. The lowest BCUT2D eigenvalue weighted by molar-refractivity contribution is -0.143. The molecule has 2 N–H and O–H groups in total. The molecule has 0 aliphatic rings. The molecule has 80 valence electrons. The molecular formula is C10H11NO4. The summed E-state index contributed by atoms with van der Waals surface area (Å²) in [6.07, 6.45) is 0. The smallest absolute Gasteiger partial charge is 0.329 e. The van der Waals surface area contributed by atoms with Crippen molar-refractivity contribution in [1.82, 2.24) is 0 Å². The lowest BCUT2D eigenvalue weighted by Gasteiger charge is -2.04. The zero-order chi connectivity index (χ0) is 11.1. The van der Waals surface area contributed by atoms with Crippen molar-refractivity contribution in [2.45, 2.75) is 0 Å². The fourth-order valence-corrected chi connectivity index (χ4v) is 0.950. The van der Waals surface area contributed by atoms with E-state index in [1.165, 1.54) is 0 Å². The van der Waals surface area contributed by atoms with Crippen molar-refractivity contribution in [2.24, 2.45) is 0 Å². The number of carbonyl (C=O) groups is 2. The van der Waals surface area contributed by atoms with E-state index < -0.39 is 12.6 Å². The summed E-state index contributed by atoms with van der Waals surface area (Å²) in [7, 11) is 0. The van der Waals surface area contributed by atoms with E-state index in [9.17, 15) is 9.59 Å². The number of para-hydroxylation sites is 1. The summed E-state index contributed by atoms with van der Waals surface area (Å²) < 4.78 is 4.62. The van der Waals surface area contributed by atoms with Crippen molar-refractivity contribution in [3.8, 4) is 0 Å². The molecule has 0 saturated heterocycles. The Morgan fingerprint density at radius 3 is 2.47 bits per heavy atom. The summed E-state index contributed by atoms with van der Waals surface area (Å²) in [5.41, 5.74) is 0.654. The van der Waals surface area contributed by atoms with Crippen LogP contribution in [0.1, 0.15) is 0 Å². The van der Waals surface area contributed by atoms with E-state index in [1.54, 1.807) is 24.3 Å². The minimum absolute atomic E-state index is 0.263. The monoisotopic (exact) mass is 209 g/mol. The molecule has 1 rings (SSSR count). The van der Waals surface area contributed by atoms with Crippen LogP contribution in [0.3, 0.4) is 0 Å². The van der Waals surface area contributed by atoms with Crippen molar-refractivity contribution in [1.29, 1.82) is 0 Å². The molecule has 0 spiro atoms. The number of amides is 1. The maximum Gasteiger partial charge on any atom is 0.329 e. The topological polar surface area (TPSA) is 75.6 Å². The standard InChI is InChI=1S/C10H11NO4/c12-9(6-15-7-10(13)14)11-8-4-2-1-3-5-8/h1-5H,6-7H2,(H,11,12)(H,13,14). The van der Waals surface area contributed by atoms with Gasteiger partial charge in [0.25, 0.3) is 0 Å². The van der Waals surface area contributed by atoms with Gasteiger partial charge in [0.15, 0.2) is 0 Å². The lowest BCUT2D eigenvalue weighted by Crippen LogP contribution is -2.20. The first-order valence-electron chi connectivity index (χ1n) is 4.33. The minimum atomic E-state index is -1.09. The molecule has 1 amide bonds. The molecule has 0 aromatic heterocycles. The molecule has 0 radical (unpaired) electrons. The summed E-state index contributed by atoms with van der Waals surface area (Å²) >= 11 is 0. The number of anilines is 1. The van der Waals surface area contributed by atoms with Crippen LogP contribution in [0.4, 0.5) is 5.69 Å². The van der Waals surface area contributed by atoms with E-state index in [0.29, 0.717) is 5.69 Å². The Kier molecular flexibility index (Phi) is 4.30. The van der Waals surface area contributed by atoms with Crippen LogP contribution in [0.5, 0.6) is 0 Å². The molecule has 15 heavy (non-hydrogen) atoms. The van der Waals surface area contributed by atoms with E-state index in [0.717, 1.165) is 0 Å². The van der Waals surface area contributed by atoms with Gasteiger partial charge in [0.05, 0.1) is 0 Å². The quantitative estimate of drug-likeness (QED) is 0.749. The Balaban J connectivity index is 2.28.